The van der Waals surface area contributed by atoms with Gasteiger partial charge in [-0.1, -0.05) is 6.42 Å². The Balaban J connectivity index is 0.000001000. The Morgan fingerprint density at radius 3 is 2.09 bits per heavy atom. The van der Waals surface area contributed by atoms with Crippen LogP contribution >= 0.6 is 0 Å². The van der Waals surface area contributed by atoms with E-state index in [1.807, 2.05) is 0 Å². The van der Waals surface area contributed by atoms with E-state index in [-0.39, 0.29) is 26.5 Å². The number of hydrogen-bond donors (Lipinski definition) is 0. The third-order valence-corrected chi connectivity index (χ3v) is 2.20. The molecule has 2 heteroatoms. The van der Waals surface area contributed by atoms with Crippen molar-refractivity contribution in [1.82, 2.24) is 4.90 Å². The maximum Gasteiger partial charge on any atom is 2.00 e. The van der Waals surface area contributed by atoms with E-state index in [1.165, 1.54) is 6.54 Å². The summed E-state index contributed by atoms with van der Waals surface area (Å²) in [6.45, 7) is 14.8. The van der Waals surface area contributed by atoms with Gasteiger partial charge in [-0.15, -0.1) is 0 Å². The molecule has 0 N–H and O–H groups in total. The fraction of sp³-hybridized carbons (Fsp3) is 0.778. The summed E-state index contributed by atoms with van der Waals surface area (Å²) in [6.07, 6.45) is 1.14. The molecule has 0 bridgehead atoms. The van der Waals surface area contributed by atoms with Gasteiger partial charge in [-0.25, -0.2) is 0 Å². The van der Waals surface area contributed by atoms with E-state index >= 15 is 0 Å². The Kier molecular flexibility index (Phi) is 4.29. The van der Waals surface area contributed by atoms with Gasteiger partial charge in [0.05, 0.1) is 0 Å². The third-order valence-electron chi connectivity index (χ3n) is 2.20. The standard InChI is InChI=1S/C9H17N.W/c1-8(2)10-6-5-9(3,4)7-10;/h8H,3-7H2,1-2H3;/q-2;+2. The first-order chi connectivity index (χ1) is 4.51. The Morgan fingerprint density at radius 2 is 1.91 bits per heavy atom. The van der Waals surface area contributed by atoms with Gasteiger partial charge in [0, 0.05) is 6.04 Å². The van der Waals surface area contributed by atoms with Gasteiger partial charge in [0.1, 0.15) is 0 Å². The van der Waals surface area contributed by atoms with Crippen LogP contribution in [0.4, 0.5) is 0 Å². The molecule has 1 saturated heterocycles. The van der Waals surface area contributed by atoms with Crippen LogP contribution in [0.25, 0.3) is 0 Å². The monoisotopic (exact) mass is 323 g/mol. The van der Waals surface area contributed by atoms with Crippen molar-refractivity contribution in [3.8, 4) is 0 Å². The smallest absolute Gasteiger partial charge is 0.365 e. The van der Waals surface area contributed by atoms with Crippen LogP contribution in [0, 0.1) is 19.3 Å². The Morgan fingerprint density at radius 1 is 1.36 bits per heavy atom. The molecular formula is C9H17NW. The largest absolute Gasteiger partial charge is 2.00 e. The molecule has 0 spiro atoms. The van der Waals surface area contributed by atoms with Crippen molar-refractivity contribution in [2.75, 3.05) is 13.1 Å². The predicted octanol–water partition coefficient (Wildman–Crippen LogP) is 1.75. The Labute approximate surface area is 84.8 Å². The Bertz CT molecular complexity index is 121. The van der Waals surface area contributed by atoms with Crippen LogP contribution in [0.2, 0.25) is 0 Å². The van der Waals surface area contributed by atoms with E-state index in [1.54, 1.807) is 0 Å². The van der Waals surface area contributed by atoms with Crippen LogP contribution in [-0.4, -0.2) is 24.0 Å². The molecule has 1 fully saturated rings. The van der Waals surface area contributed by atoms with Gasteiger partial charge >= 0.3 is 21.1 Å². The molecule has 0 amide bonds. The van der Waals surface area contributed by atoms with E-state index in [4.69, 9.17) is 0 Å². The number of rotatable bonds is 1. The maximum atomic E-state index is 4.05. The van der Waals surface area contributed by atoms with Gasteiger partial charge in [0.15, 0.2) is 0 Å². The third kappa shape index (κ3) is 3.25. The fourth-order valence-corrected chi connectivity index (χ4v) is 1.41. The van der Waals surface area contributed by atoms with Crippen molar-refractivity contribution in [2.24, 2.45) is 5.41 Å². The van der Waals surface area contributed by atoms with Crippen LogP contribution in [0.15, 0.2) is 0 Å². The van der Waals surface area contributed by atoms with Gasteiger partial charge in [0.2, 0.25) is 0 Å². The minimum Gasteiger partial charge on any atom is -0.365 e. The molecule has 1 rings (SSSR count). The minimum absolute atomic E-state index is 0. The van der Waals surface area contributed by atoms with Crippen molar-refractivity contribution in [1.29, 1.82) is 0 Å². The van der Waals surface area contributed by atoms with E-state index < -0.39 is 0 Å². The summed E-state index contributed by atoms with van der Waals surface area (Å²) < 4.78 is 0. The first-order valence-electron chi connectivity index (χ1n) is 3.96. The Hall–Kier alpha value is 0.648. The molecule has 0 radical (unpaired) electrons. The summed E-state index contributed by atoms with van der Waals surface area (Å²) in [5.74, 6) is 0. The zero-order valence-corrected chi connectivity index (χ0v) is 10.4. The second-order valence-corrected chi connectivity index (χ2v) is 3.81. The molecule has 1 aliphatic heterocycles. The minimum atomic E-state index is 0. The van der Waals surface area contributed by atoms with E-state index in [2.05, 4.69) is 32.6 Å². The molecule has 0 unspecified atom stereocenters. The van der Waals surface area contributed by atoms with Crippen LogP contribution < -0.4 is 0 Å². The van der Waals surface area contributed by atoms with Crippen molar-refractivity contribution in [3.63, 3.8) is 0 Å². The molecule has 0 aromatic carbocycles. The summed E-state index contributed by atoms with van der Waals surface area (Å²) in [6, 6.07) is 0.658. The molecule has 0 atom stereocenters. The molecule has 11 heavy (non-hydrogen) atoms. The zero-order valence-electron chi connectivity index (χ0n) is 7.47. The molecule has 0 aliphatic carbocycles. The average molecular weight is 323 g/mol. The predicted molar refractivity (Wildman–Crippen MR) is 44.5 cm³/mol. The van der Waals surface area contributed by atoms with Crippen molar-refractivity contribution < 1.29 is 21.1 Å². The fourth-order valence-electron chi connectivity index (χ4n) is 1.41. The molecule has 0 aromatic heterocycles. The topological polar surface area (TPSA) is 3.24 Å². The van der Waals surface area contributed by atoms with Crippen LogP contribution in [0.3, 0.4) is 0 Å². The van der Waals surface area contributed by atoms with Gasteiger partial charge in [0.25, 0.3) is 0 Å². The van der Waals surface area contributed by atoms with Crippen molar-refractivity contribution in [3.05, 3.63) is 13.8 Å². The normalized spacial score (nSPS) is 23.7. The van der Waals surface area contributed by atoms with Gasteiger partial charge in [-0.2, -0.15) is 0 Å². The average Bonchev–Trinajstić information content (AvgIpc) is 2.10. The number of hydrogen-bond acceptors (Lipinski definition) is 1. The van der Waals surface area contributed by atoms with Crippen molar-refractivity contribution in [2.45, 2.75) is 26.3 Å². The molecule has 0 aromatic rings. The van der Waals surface area contributed by atoms with Crippen LogP contribution in [0.1, 0.15) is 20.3 Å². The summed E-state index contributed by atoms with van der Waals surface area (Å²) in [7, 11) is 0. The first-order valence-corrected chi connectivity index (χ1v) is 3.96. The summed E-state index contributed by atoms with van der Waals surface area (Å²) in [5.41, 5.74) is 0.0737. The molecule has 0 saturated carbocycles. The van der Waals surface area contributed by atoms with Crippen molar-refractivity contribution >= 4 is 0 Å². The maximum absolute atomic E-state index is 4.05. The van der Waals surface area contributed by atoms with E-state index in [0.29, 0.717) is 6.04 Å². The van der Waals surface area contributed by atoms with Crippen LogP contribution in [0.5, 0.6) is 0 Å². The molecule has 1 aliphatic rings. The summed E-state index contributed by atoms with van der Waals surface area (Å²) in [4.78, 5) is 2.43. The summed E-state index contributed by atoms with van der Waals surface area (Å²) in [5, 5.41) is 0. The number of nitrogens with zero attached hydrogens (tertiary/aromatic N) is 1. The van der Waals surface area contributed by atoms with E-state index in [0.717, 1.165) is 13.0 Å². The van der Waals surface area contributed by atoms with Gasteiger partial charge < -0.3 is 18.7 Å². The quantitative estimate of drug-likeness (QED) is 0.665. The van der Waals surface area contributed by atoms with Gasteiger partial charge in [-0.3, -0.25) is 5.41 Å². The molecular weight excluding hydrogens is 306 g/mol. The first kappa shape index (κ1) is 11.6. The number of likely N-dealkylation sites (tertiary alicyclic amines) is 1. The second kappa shape index (κ2) is 4.05. The molecule has 1 nitrogen and oxygen atoms in total. The van der Waals surface area contributed by atoms with Gasteiger partial charge in [-0.05, 0) is 26.9 Å². The van der Waals surface area contributed by atoms with E-state index in [9.17, 15) is 0 Å². The molecule has 1 heterocycles. The summed E-state index contributed by atoms with van der Waals surface area (Å²) >= 11 is 0. The molecule has 64 valence electrons. The SMILES string of the molecule is [CH2-]C1([CH2-])CCN(C(C)C)C1.[W+2]. The zero-order chi connectivity index (χ0) is 7.78. The van der Waals surface area contributed by atoms with Crippen LogP contribution in [-0.2, 0) is 21.1 Å². The second-order valence-electron chi connectivity index (χ2n) is 3.81.